The number of benzene rings is 2. The summed E-state index contributed by atoms with van der Waals surface area (Å²) in [5, 5.41) is 4.32. The third-order valence-electron chi connectivity index (χ3n) is 6.91. The predicted molar refractivity (Wildman–Crippen MR) is 155 cm³/mol. The summed E-state index contributed by atoms with van der Waals surface area (Å²) in [4.78, 5) is 30.1. The minimum atomic E-state index is -0.654. The molecule has 0 atom stereocenters. The number of nitrogens with zero attached hydrogens (tertiary/aromatic N) is 3. The number of thiophene rings is 1. The Bertz CT molecular complexity index is 1450. The van der Waals surface area contributed by atoms with Gasteiger partial charge in [0.05, 0.1) is 18.7 Å². The van der Waals surface area contributed by atoms with Crippen LogP contribution < -0.4 is 15.2 Å². The topological polar surface area (TPSA) is 64.0 Å². The fraction of sp³-hybridized carbons (Fsp3) is 0.400. The van der Waals surface area contributed by atoms with Crippen LogP contribution in [0.2, 0.25) is 0 Å². The first kappa shape index (κ1) is 26.3. The summed E-state index contributed by atoms with van der Waals surface area (Å²) in [6, 6.07) is 17.4. The highest BCUT2D eigenvalue weighted by molar-refractivity contribution is 7.17. The molecule has 2 aromatic heterocycles. The number of piperazine rings is 1. The summed E-state index contributed by atoms with van der Waals surface area (Å²) in [7, 11) is 0. The first-order chi connectivity index (χ1) is 18.5. The Morgan fingerprint density at radius 1 is 1.00 bits per heavy atom. The van der Waals surface area contributed by atoms with Crippen molar-refractivity contribution in [3.05, 3.63) is 70.3 Å². The van der Waals surface area contributed by atoms with Gasteiger partial charge in [0.15, 0.2) is 0 Å². The SMILES string of the molecule is CC(C)COC(=O)n1c(=O)ccc2ccc(OCCCCN3CCN(c4cccc5sccc45)CC3)cc21. The average molecular weight is 534 g/mol. The molecule has 7 nitrogen and oxygen atoms in total. The fourth-order valence-corrected chi connectivity index (χ4v) is 5.69. The van der Waals surface area contributed by atoms with Gasteiger partial charge in [-0.05, 0) is 72.5 Å². The molecule has 3 heterocycles. The number of pyridine rings is 1. The molecule has 0 saturated carbocycles. The van der Waals surface area contributed by atoms with E-state index in [1.165, 1.54) is 21.8 Å². The quantitative estimate of drug-likeness (QED) is 0.252. The number of hydrogen-bond donors (Lipinski definition) is 0. The van der Waals surface area contributed by atoms with Crippen LogP contribution in [0.25, 0.3) is 21.0 Å². The third-order valence-corrected chi connectivity index (χ3v) is 7.80. The molecule has 0 amide bonds. The van der Waals surface area contributed by atoms with Gasteiger partial charge >= 0.3 is 6.09 Å². The van der Waals surface area contributed by atoms with Crippen LogP contribution >= 0.6 is 11.3 Å². The van der Waals surface area contributed by atoms with Crippen LogP contribution in [-0.4, -0.2) is 61.5 Å². The van der Waals surface area contributed by atoms with Crippen molar-refractivity contribution >= 4 is 44.1 Å². The van der Waals surface area contributed by atoms with Crippen molar-refractivity contribution < 1.29 is 14.3 Å². The van der Waals surface area contributed by atoms with Crippen LogP contribution in [0.5, 0.6) is 5.75 Å². The number of aromatic nitrogens is 1. The van der Waals surface area contributed by atoms with Crippen LogP contribution in [0.15, 0.2) is 64.8 Å². The highest BCUT2D eigenvalue weighted by Crippen LogP contribution is 2.31. The van der Waals surface area contributed by atoms with E-state index in [0.717, 1.165) is 55.5 Å². The van der Waals surface area contributed by atoms with Crippen LogP contribution in [0.3, 0.4) is 0 Å². The van der Waals surface area contributed by atoms with Gasteiger partial charge < -0.3 is 14.4 Å². The fourth-order valence-electron chi connectivity index (χ4n) is 4.89. The van der Waals surface area contributed by atoms with Crippen molar-refractivity contribution in [1.29, 1.82) is 0 Å². The molecule has 0 N–H and O–H groups in total. The molecule has 1 aliphatic rings. The largest absolute Gasteiger partial charge is 0.494 e. The summed E-state index contributed by atoms with van der Waals surface area (Å²) in [5.41, 5.74) is 1.45. The Labute approximate surface area is 227 Å². The van der Waals surface area contributed by atoms with Gasteiger partial charge in [-0.15, -0.1) is 11.3 Å². The second-order valence-corrected chi connectivity index (χ2v) is 11.1. The van der Waals surface area contributed by atoms with Crippen LogP contribution in [0.4, 0.5) is 10.5 Å². The summed E-state index contributed by atoms with van der Waals surface area (Å²) in [6.07, 6.45) is 1.34. The zero-order valence-corrected chi connectivity index (χ0v) is 22.9. The van der Waals surface area contributed by atoms with Crippen molar-refractivity contribution in [3.63, 3.8) is 0 Å². The van der Waals surface area contributed by atoms with Crippen LogP contribution in [0.1, 0.15) is 26.7 Å². The Morgan fingerprint density at radius 2 is 1.82 bits per heavy atom. The van der Waals surface area contributed by atoms with Crippen molar-refractivity contribution in [1.82, 2.24) is 9.47 Å². The molecule has 38 heavy (non-hydrogen) atoms. The van der Waals surface area contributed by atoms with E-state index in [2.05, 4.69) is 39.4 Å². The van der Waals surface area contributed by atoms with Crippen molar-refractivity contribution in [2.24, 2.45) is 5.92 Å². The molecule has 8 heteroatoms. The monoisotopic (exact) mass is 533 g/mol. The molecule has 1 fully saturated rings. The Kier molecular flexibility index (Phi) is 8.29. The van der Waals surface area contributed by atoms with Gasteiger partial charge in [-0.1, -0.05) is 19.9 Å². The molecule has 0 unspecified atom stereocenters. The molecule has 0 aliphatic carbocycles. The lowest BCUT2D eigenvalue weighted by Gasteiger charge is -2.36. The number of hydrogen-bond acceptors (Lipinski definition) is 7. The molecule has 1 saturated heterocycles. The molecule has 0 bridgehead atoms. The Morgan fingerprint density at radius 3 is 2.63 bits per heavy atom. The standard InChI is InChI=1S/C30H35N3O4S/c1-22(2)21-37-30(35)33-27-20-24(10-8-23(27)9-11-29(33)34)36-18-4-3-13-31-14-16-32(17-15-31)26-6-5-7-28-25(26)12-19-38-28/h5-12,19-20,22H,3-4,13-18,21H2,1-2H3. The van der Waals surface area contributed by atoms with E-state index >= 15 is 0 Å². The van der Waals surface area contributed by atoms with E-state index < -0.39 is 11.7 Å². The van der Waals surface area contributed by atoms with Gasteiger partial charge in [0.2, 0.25) is 0 Å². The van der Waals surface area contributed by atoms with Gasteiger partial charge in [-0.2, -0.15) is 0 Å². The van der Waals surface area contributed by atoms with Gasteiger partial charge in [0.1, 0.15) is 5.75 Å². The molecule has 0 spiro atoms. The lowest BCUT2D eigenvalue weighted by atomic mass is 10.2. The van der Waals surface area contributed by atoms with E-state index in [9.17, 15) is 9.59 Å². The van der Waals surface area contributed by atoms with Gasteiger partial charge in [0.25, 0.3) is 5.56 Å². The summed E-state index contributed by atoms with van der Waals surface area (Å²) >= 11 is 1.80. The highest BCUT2D eigenvalue weighted by Gasteiger charge is 2.19. The second kappa shape index (κ2) is 12.0. The number of carbonyl (C=O) groups excluding carboxylic acids is 1. The van der Waals surface area contributed by atoms with Gasteiger partial charge in [-0.25, -0.2) is 9.36 Å². The zero-order chi connectivity index (χ0) is 26.5. The molecular formula is C30H35N3O4S. The number of anilines is 1. The lowest BCUT2D eigenvalue weighted by molar-refractivity contribution is 0.134. The summed E-state index contributed by atoms with van der Waals surface area (Å²) in [5.74, 6) is 0.832. The molecule has 5 rings (SSSR count). The van der Waals surface area contributed by atoms with Crippen LogP contribution in [-0.2, 0) is 4.74 Å². The van der Waals surface area contributed by atoms with E-state index in [1.807, 2.05) is 26.0 Å². The lowest BCUT2D eigenvalue weighted by Crippen LogP contribution is -2.46. The maximum absolute atomic E-state index is 12.6. The van der Waals surface area contributed by atoms with Crippen LogP contribution in [0, 0.1) is 5.92 Å². The maximum atomic E-state index is 12.6. The minimum Gasteiger partial charge on any atom is -0.494 e. The Balaban J connectivity index is 1.10. The zero-order valence-electron chi connectivity index (χ0n) is 22.1. The smallest absolute Gasteiger partial charge is 0.421 e. The molecular weight excluding hydrogens is 498 g/mol. The average Bonchev–Trinajstić information content (AvgIpc) is 3.41. The Hall–Kier alpha value is -3.36. The normalized spacial score (nSPS) is 14.4. The van der Waals surface area contributed by atoms with E-state index in [1.54, 1.807) is 23.5 Å². The van der Waals surface area contributed by atoms with Crippen molar-refractivity contribution in [2.45, 2.75) is 26.7 Å². The summed E-state index contributed by atoms with van der Waals surface area (Å²) < 4.78 is 13.7. The van der Waals surface area contributed by atoms with Crippen molar-refractivity contribution in [2.75, 3.05) is 50.8 Å². The van der Waals surface area contributed by atoms with Gasteiger partial charge in [0, 0.05) is 54.1 Å². The van der Waals surface area contributed by atoms with Crippen molar-refractivity contribution in [3.8, 4) is 5.75 Å². The molecule has 2 aromatic carbocycles. The molecule has 0 radical (unpaired) electrons. The predicted octanol–water partition coefficient (Wildman–Crippen LogP) is 5.84. The maximum Gasteiger partial charge on any atom is 0.421 e. The molecule has 1 aliphatic heterocycles. The molecule has 4 aromatic rings. The van der Waals surface area contributed by atoms with E-state index in [0.29, 0.717) is 17.9 Å². The molecule has 200 valence electrons. The van der Waals surface area contributed by atoms with E-state index in [-0.39, 0.29) is 12.5 Å². The summed E-state index contributed by atoms with van der Waals surface area (Å²) in [6.45, 7) is 10.0. The number of fused-ring (bicyclic) bond motifs is 2. The highest BCUT2D eigenvalue weighted by atomic mass is 32.1. The number of carbonyl (C=O) groups is 1. The number of ether oxygens (including phenoxy) is 2. The first-order valence-corrected chi connectivity index (χ1v) is 14.3. The first-order valence-electron chi connectivity index (χ1n) is 13.4. The van der Waals surface area contributed by atoms with E-state index in [4.69, 9.17) is 9.47 Å². The minimum absolute atomic E-state index is 0.188. The number of unbranched alkanes of at least 4 members (excludes halogenated alkanes) is 1. The van der Waals surface area contributed by atoms with Gasteiger partial charge in [-0.3, -0.25) is 9.69 Å². The third kappa shape index (κ3) is 6.03. The second-order valence-electron chi connectivity index (χ2n) is 10.2. The number of rotatable bonds is 9.